The predicted molar refractivity (Wildman–Crippen MR) is 233 cm³/mol. The van der Waals surface area contributed by atoms with E-state index in [4.69, 9.17) is 32.8 Å². The van der Waals surface area contributed by atoms with E-state index in [0.717, 1.165) is 33.1 Å². The van der Waals surface area contributed by atoms with Gasteiger partial charge >= 0.3 is 23.9 Å². The van der Waals surface area contributed by atoms with E-state index in [2.05, 4.69) is 5.32 Å². The Labute approximate surface area is 359 Å². The Bertz CT molecular complexity index is 2460. The number of carbonyl (C=O) groups excluding carboxylic acids is 5. The van der Waals surface area contributed by atoms with Crippen molar-refractivity contribution in [1.29, 1.82) is 0 Å². The summed E-state index contributed by atoms with van der Waals surface area (Å²) in [5, 5.41) is 4.34. The monoisotopic (exact) mass is 854 g/mol. The molecule has 17 nitrogen and oxygen atoms in total. The largest absolute Gasteiger partial charge is 0.488 e. The van der Waals surface area contributed by atoms with Gasteiger partial charge in [-0.15, -0.1) is 0 Å². The predicted octanol–water partition coefficient (Wildman–Crippen LogP) is 3.42. The highest BCUT2D eigenvalue weighted by Crippen LogP contribution is 2.43. The minimum absolute atomic E-state index is 0.0740. The van der Waals surface area contributed by atoms with Crippen LogP contribution in [0.3, 0.4) is 0 Å². The van der Waals surface area contributed by atoms with Gasteiger partial charge in [-0.2, -0.15) is 0 Å². The van der Waals surface area contributed by atoms with Crippen LogP contribution in [0.25, 0.3) is 33.4 Å². The second-order valence-corrected chi connectivity index (χ2v) is 14.3. The number of carbonyl (C=O) groups is 5. The van der Waals surface area contributed by atoms with Crippen LogP contribution in [-0.4, -0.2) is 133 Å². The second kappa shape index (κ2) is 20.8. The van der Waals surface area contributed by atoms with Gasteiger partial charge in [-0.05, 0) is 54.1 Å². The van der Waals surface area contributed by atoms with E-state index in [0.29, 0.717) is 22.8 Å². The number of anilines is 3. The highest BCUT2D eigenvalue weighted by molar-refractivity contribution is 6.03. The van der Waals surface area contributed by atoms with E-state index in [9.17, 15) is 24.0 Å². The van der Waals surface area contributed by atoms with Crippen molar-refractivity contribution in [1.82, 2.24) is 9.89 Å². The zero-order valence-corrected chi connectivity index (χ0v) is 36.4. The van der Waals surface area contributed by atoms with E-state index in [-0.39, 0.29) is 56.4 Å². The number of hydrogen-bond acceptors (Lipinski definition) is 15. The fourth-order valence-electron chi connectivity index (χ4n) is 6.59. The number of rotatable bonds is 18. The molecule has 0 atom stereocenters. The summed E-state index contributed by atoms with van der Waals surface area (Å²) in [6.07, 6.45) is 0. The molecule has 2 aliphatic rings. The van der Waals surface area contributed by atoms with Crippen LogP contribution in [0.2, 0.25) is 0 Å². The lowest BCUT2D eigenvalue weighted by atomic mass is 9.93. The van der Waals surface area contributed by atoms with Crippen molar-refractivity contribution < 1.29 is 56.8 Å². The maximum Gasteiger partial charge on any atom is 0.325 e. The third kappa shape index (κ3) is 10.9. The zero-order valence-electron chi connectivity index (χ0n) is 36.4. The van der Waals surface area contributed by atoms with Gasteiger partial charge < -0.3 is 52.9 Å². The Hall–Kier alpha value is -7.30. The Kier molecular flexibility index (Phi) is 15.3. The lowest BCUT2D eigenvalue weighted by Crippen LogP contribution is -2.36. The lowest BCUT2D eigenvalue weighted by Gasteiger charge is -2.26. The molecule has 0 aromatic heterocycles. The van der Waals surface area contributed by atoms with Crippen molar-refractivity contribution in [3.63, 3.8) is 0 Å². The number of methoxy groups -OCH3 is 4. The van der Waals surface area contributed by atoms with E-state index < -0.39 is 29.8 Å². The van der Waals surface area contributed by atoms with Gasteiger partial charge in [0.1, 0.15) is 76.3 Å². The SMILES string of the molecule is CNC(=O)c1ccc(OCCOc2cc(-c3c4ccc(=[N+](C)C)cc-4oc4cc(N(C)C)ccc34)ccc2N(CC(=O)OC)CC(=O)OC)c(N(CC(=O)OC)CC(=O)OC)c1. The third-order valence-corrected chi connectivity index (χ3v) is 9.89. The number of amides is 1. The fraction of sp³-hybridized carbons (Fsp3) is 0.333. The molecule has 1 aliphatic carbocycles. The average Bonchev–Trinajstić information content (AvgIpc) is 3.27. The van der Waals surface area contributed by atoms with Crippen LogP contribution in [-0.2, 0) is 38.1 Å². The Morgan fingerprint density at radius 2 is 1.23 bits per heavy atom. The van der Waals surface area contributed by atoms with Crippen LogP contribution in [0.5, 0.6) is 11.5 Å². The van der Waals surface area contributed by atoms with E-state index in [1.165, 1.54) is 57.4 Å². The van der Waals surface area contributed by atoms with Gasteiger partial charge in [0.15, 0.2) is 0 Å². The van der Waals surface area contributed by atoms with Crippen LogP contribution in [0.4, 0.5) is 17.1 Å². The van der Waals surface area contributed by atoms with Crippen molar-refractivity contribution in [2.45, 2.75) is 0 Å². The van der Waals surface area contributed by atoms with Crippen molar-refractivity contribution in [3.8, 4) is 33.9 Å². The molecule has 1 amide bonds. The molecule has 1 N–H and O–H groups in total. The smallest absolute Gasteiger partial charge is 0.325 e. The van der Waals surface area contributed by atoms with Gasteiger partial charge in [-0.1, -0.05) is 6.07 Å². The minimum atomic E-state index is -0.645. The third-order valence-electron chi connectivity index (χ3n) is 9.89. The summed E-state index contributed by atoms with van der Waals surface area (Å²) < 4.78 is 40.9. The summed E-state index contributed by atoms with van der Waals surface area (Å²) >= 11 is 0. The van der Waals surface area contributed by atoms with Crippen molar-refractivity contribution in [2.24, 2.45) is 0 Å². The van der Waals surface area contributed by atoms with Crippen LogP contribution in [0.15, 0.2) is 77.2 Å². The van der Waals surface area contributed by atoms with E-state index in [1.807, 2.05) is 86.2 Å². The standard InChI is InChI=1S/C45H51N5O12/c1-46-45(55)29-11-17-36(35(20-29)50(26-42(53)58-8)27-43(54)59-9)60-18-19-61-39-21-28(10-16-34(39)49(24-40(51)56-6)25-41(52)57-7)44-32-14-12-30(47(2)3)22-37(32)62-38-23-31(48(4)5)13-15-33(38)44/h10-17,20-23H,18-19,24-27H2,1-9H3/p+1. The normalized spacial score (nSPS) is 10.7. The molecule has 17 heteroatoms. The summed E-state index contributed by atoms with van der Waals surface area (Å²) in [7, 11) is 14.2. The molecule has 62 heavy (non-hydrogen) atoms. The quantitative estimate of drug-likeness (QED) is 0.0446. The first-order valence-electron chi connectivity index (χ1n) is 19.4. The summed E-state index contributed by atoms with van der Waals surface area (Å²) in [6.45, 7) is -1.46. The van der Waals surface area contributed by atoms with Crippen molar-refractivity contribution >= 4 is 57.8 Å². The molecule has 0 radical (unpaired) electrons. The molecule has 0 bridgehead atoms. The summed E-state index contributed by atoms with van der Waals surface area (Å²) in [5.41, 5.74) is 4.91. The number of benzene rings is 4. The number of ether oxygens (including phenoxy) is 6. The number of nitrogens with zero attached hydrogens (tertiary/aromatic N) is 4. The molecule has 0 unspecified atom stereocenters. The van der Waals surface area contributed by atoms with Gasteiger partial charge in [0, 0.05) is 61.0 Å². The van der Waals surface area contributed by atoms with Crippen molar-refractivity contribution in [2.75, 3.05) is 118 Å². The Morgan fingerprint density at radius 3 is 1.77 bits per heavy atom. The molecular formula is C45H52N5O12+. The molecule has 5 rings (SSSR count). The molecule has 0 saturated heterocycles. The van der Waals surface area contributed by atoms with Gasteiger partial charge in [-0.25, -0.2) is 4.58 Å². The Balaban J connectivity index is 1.61. The highest BCUT2D eigenvalue weighted by atomic mass is 16.5. The molecule has 0 saturated carbocycles. The van der Waals surface area contributed by atoms with Crippen LogP contribution in [0, 0.1) is 0 Å². The molecule has 328 valence electrons. The summed E-state index contributed by atoms with van der Waals surface area (Å²) in [6, 6.07) is 22.0. The zero-order chi connectivity index (χ0) is 45.1. The molecular weight excluding hydrogens is 803 g/mol. The van der Waals surface area contributed by atoms with E-state index in [1.54, 1.807) is 12.1 Å². The van der Waals surface area contributed by atoms with Crippen LogP contribution < -0.4 is 39.4 Å². The van der Waals surface area contributed by atoms with Crippen LogP contribution >= 0.6 is 0 Å². The first kappa shape index (κ1) is 45.8. The number of nitrogens with one attached hydrogen (secondary N) is 1. The molecule has 1 heterocycles. The average molecular weight is 855 g/mol. The maximum atomic E-state index is 12.7. The number of esters is 4. The lowest BCUT2D eigenvalue weighted by molar-refractivity contribution is -0.141. The maximum absolute atomic E-state index is 12.7. The number of fused-ring (bicyclic) bond motifs is 2. The summed E-state index contributed by atoms with van der Waals surface area (Å²) in [5.74, 6) is -1.72. The molecule has 3 aromatic rings. The molecule has 0 fully saturated rings. The van der Waals surface area contributed by atoms with E-state index >= 15 is 0 Å². The molecule has 3 aromatic carbocycles. The molecule has 1 aliphatic heterocycles. The highest BCUT2D eigenvalue weighted by Gasteiger charge is 2.25. The first-order chi connectivity index (χ1) is 29.7. The Morgan fingerprint density at radius 1 is 0.645 bits per heavy atom. The van der Waals surface area contributed by atoms with Crippen molar-refractivity contribution in [3.05, 3.63) is 83.7 Å². The van der Waals surface area contributed by atoms with Gasteiger partial charge in [0.05, 0.1) is 45.9 Å². The second-order valence-electron chi connectivity index (χ2n) is 14.3. The number of hydrogen-bond donors (Lipinski definition) is 1. The first-order valence-corrected chi connectivity index (χ1v) is 19.4. The van der Waals surface area contributed by atoms with Crippen LogP contribution in [0.1, 0.15) is 10.4 Å². The van der Waals surface area contributed by atoms with Gasteiger partial charge in [-0.3, -0.25) is 24.0 Å². The minimum Gasteiger partial charge on any atom is -0.488 e. The summed E-state index contributed by atoms with van der Waals surface area (Å²) in [4.78, 5) is 67.8. The fourth-order valence-corrected chi connectivity index (χ4v) is 6.59. The molecule has 0 spiro atoms. The van der Waals surface area contributed by atoms with Gasteiger partial charge in [0.2, 0.25) is 5.36 Å². The topological polar surface area (TPSA) is 179 Å². The van der Waals surface area contributed by atoms with Gasteiger partial charge in [0.25, 0.3) is 5.91 Å².